The van der Waals surface area contributed by atoms with Gasteiger partial charge in [0.25, 0.3) is 11.8 Å². The van der Waals surface area contributed by atoms with Crippen LogP contribution in [0.1, 0.15) is 40.0 Å². The maximum Gasteiger partial charge on any atom is 0.258 e. The van der Waals surface area contributed by atoms with Crippen molar-refractivity contribution >= 4 is 11.8 Å². The Balaban J connectivity index is 2.02. The fraction of sp³-hybridized carbons (Fsp3) is 0.300. The van der Waals surface area contributed by atoms with Crippen molar-refractivity contribution in [1.29, 1.82) is 0 Å². The zero-order valence-corrected chi connectivity index (χ0v) is 15.5. The van der Waals surface area contributed by atoms with Crippen molar-refractivity contribution in [2.75, 3.05) is 13.7 Å². The van der Waals surface area contributed by atoms with E-state index in [2.05, 4.69) is 5.32 Å². The Kier molecular flexibility index (Phi) is 6.22. The van der Waals surface area contributed by atoms with Gasteiger partial charge in [0.15, 0.2) is 6.61 Å². The van der Waals surface area contributed by atoms with Crippen LogP contribution < -0.4 is 20.5 Å². The number of nitrogens with two attached hydrogens (primary N) is 1. The minimum atomic E-state index is -0.633. The number of primary amides is 1. The van der Waals surface area contributed by atoms with Crippen molar-refractivity contribution < 1.29 is 19.1 Å². The van der Waals surface area contributed by atoms with Crippen LogP contribution in [0, 0.1) is 13.8 Å². The highest BCUT2D eigenvalue weighted by Crippen LogP contribution is 2.24. The van der Waals surface area contributed by atoms with Gasteiger partial charge in [-0.15, -0.1) is 0 Å². The van der Waals surface area contributed by atoms with Crippen LogP contribution in [-0.4, -0.2) is 25.5 Å². The summed E-state index contributed by atoms with van der Waals surface area (Å²) in [6.45, 7) is 5.75. The molecule has 0 bridgehead atoms. The number of hydrogen-bond donors (Lipinski definition) is 2. The molecule has 3 N–H and O–H groups in total. The van der Waals surface area contributed by atoms with Gasteiger partial charge in [-0.3, -0.25) is 9.59 Å². The molecule has 2 aromatic carbocycles. The molecule has 138 valence electrons. The van der Waals surface area contributed by atoms with Crippen molar-refractivity contribution in [3.05, 3.63) is 58.7 Å². The van der Waals surface area contributed by atoms with E-state index in [1.165, 1.54) is 30.4 Å². The second-order valence-corrected chi connectivity index (χ2v) is 6.15. The second-order valence-electron chi connectivity index (χ2n) is 6.15. The first-order chi connectivity index (χ1) is 12.3. The summed E-state index contributed by atoms with van der Waals surface area (Å²) in [7, 11) is 1.50. The van der Waals surface area contributed by atoms with E-state index < -0.39 is 5.91 Å². The molecule has 0 aliphatic carbocycles. The average molecular weight is 356 g/mol. The average Bonchev–Trinajstić information content (AvgIpc) is 2.61. The number of nitrogens with one attached hydrogen (secondary N) is 1. The molecule has 0 spiro atoms. The van der Waals surface area contributed by atoms with Crippen LogP contribution in [0.3, 0.4) is 0 Å². The van der Waals surface area contributed by atoms with Gasteiger partial charge < -0.3 is 20.5 Å². The van der Waals surface area contributed by atoms with Gasteiger partial charge >= 0.3 is 0 Å². The van der Waals surface area contributed by atoms with Crippen LogP contribution in [0.4, 0.5) is 0 Å². The lowest BCUT2D eigenvalue weighted by Gasteiger charge is -2.16. The van der Waals surface area contributed by atoms with Crippen molar-refractivity contribution in [2.45, 2.75) is 26.8 Å². The largest absolute Gasteiger partial charge is 0.497 e. The molecule has 0 aliphatic heterocycles. The van der Waals surface area contributed by atoms with Crippen molar-refractivity contribution in [1.82, 2.24) is 5.32 Å². The van der Waals surface area contributed by atoms with Gasteiger partial charge in [-0.2, -0.15) is 0 Å². The predicted molar refractivity (Wildman–Crippen MR) is 99.5 cm³/mol. The van der Waals surface area contributed by atoms with Crippen LogP contribution in [0.15, 0.2) is 36.4 Å². The maximum atomic E-state index is 12.2. The first-order valence-electron chi connectivity index (χ1n) is 8.29. The van der Waals surface area contributed by atoms with E-state index >= 15 is 0 Å². The quantitative estimate of drug-likeness (QED) is 0.798. The Bertz CT molecular complexity index is 817. The molecule has 0 fully saturated rings. The number of carbonyl (C=O) groups excluding carboxylic acids is 2. The number of benzene rings is 2. The van der Waals surface area contributed by atoms with Crippen LogP contribution >= 0.6 is 0 Å². The molecule has 2 aromatic rings. The van der Waals surface area contributed by atoms with Crippen molar-refractivity contribution in [2.24, 2.45) is 5.73 Å². The molecule has 6 heteroatoms. The Morgan fingerprint density at radius 2 is 1.85 bits per heavy atom. The lowest BCUT2D eigenvalue weighted by atomic mass is 10.0. The molecule has 2 rings (SSSR count). The monoisotopic (exact) mass is 356 g/mol. The molecular formula is C20H24N2O4. The maximum absolute atomic E-state index is 12.2. The zero-order valence-electron chi connectivity index (χ0n) is 15.5. The van der Waals surface area contributed by atoms with Crippen LogP contribution in [-0.2, 0) is 4.79 Å². The lowest BCUT2D eigenvalue weighted by Crippen LogP contribution is -2.31. The predicted octanol–water partition coefficient (Wildman–Crippen LogP) is 2.67. The molecule has 1 unspecified atom stereocenters. The summed E-state index contributed by atoms with van der Waals surface area (Å²) in [4.78, 5) is 23.7. The molecule has 0 radical (unpaired) electrons. The molecular weight excluding hydrogens is 332 g/mol. The third-order valence-corrected chi connectivity index (χ3v) is 4.22. The van der Waals surface area contributed by atoms with E-state index in [1.54, 1.807) is 6.07 Å². The molecule has 6 nitrogen and oxygen atoms in total. The normalized spacial score (nSPS) is 11.5. The number of rotatable bonds is 7. The van der Waals surface area contributed by atoms with Gasteiger partial charge in [-0.05, 0) is 49.6 Å². The highest BCUT2D eigenvalue weighted by Gasteiger charge is 2.14. The molecule has 0 aliphatic rings. The Hall–Kier alpha value is -3.02. The first kappa shape index (κ1) is 19.3. The fourth-order valence-corrected chi connectivity index (χ4v) is 2.50. The van der Waals surface area contributed by atoms with E-state index in [0.717, 1.165) is 5.56 Å². The summed E-state index contributed by atoms with van der Waals surface area (Å²) >= 11 is 0. The minimum Gasteiger partial charge on any atom is -0.497 e. The first-order valence-corrected chi connectivity index (χ1v) is 8.29. The van der Waals surface area contributed by atoms with E-state index in [-0.39, 0.29) is 29.9 Å². The molecule has 26 heavy (non-hydrogen) atoms. The zero-order chi connectivity index (χ0) is 19.3. The third-order valence-electron chi connectivity index (χ3n) is 4.22. The molecule has 0 aromatic heterocycles. The number of ether oxygens (including phenoxy) is 2. The highest BCUT2D eigenvalue weighted by atomic mass is 16.5. The summed E-state index contributed by atoms with van der Waals surface area (Å²) in [5.41, 5.74) is 8.92. The lowest BCUT2D eigenvalue weighted by molar-refractivity contribution is -0.123. The topological polar surface area (TPSA) is 90.7 Å². The SMILES string of the molecule is COc1ccc(C(N)=O)c(OCC(=O)NC(C)c2ccc(C)c(C)c2)c1. The van der Waals surface area contributed by atoms with Gasteiger partial charge in [-0.25, -0.2) is 0 Å². The van der Waals surface area contributed by atoms with Crippen LogP contribution in [0.5, 0.6) is 11.5 Å². The van der Waals surface area contributed by atoms with Gasteiger partial charge in [0.2, 0.25) is 0 Å². The summed E-state index contributed by atoms with van der Waals surface area (Å²) in [5, 5.41) is 2.88. The summed E-state index contributed by atoms with van der Waals surface area (Å²) in [6.07, 6.45) is 0. The second kappa shape index (κ2) is 8.38. The van der Waals surface area contributed by atoms with E-state index in [4.69, 9.17) is 15.2 Å². The van der Waals surface area contributed by atoms with Crippen LogP contribution in [0.25, 0.3) is 0 Å². The molecule has 1 atom stereocenters. The van der Waals surface area contributed by atoms with E-state index in [1.807, 2.05) is 39.0 Å². The molecule has 0 saturated carbocycles. The van der Waals surface area contributed by atoms with Gasteiger partial charge in [-0.1, -0.05) is 18.2 Å². The minimum absolute atomic E-state index is 0.161. The third kappa shape index (κ3) is 4.75. The smallest absolute Gasteiger partial charge is 0.258 e. The van der Waals surface area contributed by atoms with Gasteiger partial charge in [0.1, 0.15) is 11.5 Å². The number of carbonyl (C=O) groups is 2. The van der Waals surface area contributed by atoms with Crippen molar-refractivity contribution in [3.63, 3.8) is 0 Å². The summed E-state index contributed by atoms with van der Waals surface area (Å²) < 4.78 is 10.6. The van der Waals surface area contributed by atoms with E-state index in [9.17, 15) is 9.59 Å². The number of aryl methyl sites for hydroxylation is 2. The number of methoxy groups -OCH3 is 1. The number of amides is 2. The van der Waals surface area contributed by atoms with Crippen LogP contribution in [0.2, 0.25) is 0 Å². The number of hydrogen-bond acceptors (Lipinski definition) is 4. The van der Waals surface area contributed by atoms with Gasteiger partial charge in [0, 0.05) is 6.07 Å². The Morgan fingerprint density at radius 1 is 1.12 bits per heavy atom. The Morgan fingerprint density at radius 3 is 2.46 bits per heavy atom. The standard InChI is InChI=1S/C20H24N2O4/c1-12-5-6-15(9-13(12)2)14(3)22-19(23)11-26-18-10-16(25-4)7-8-17(18)20(21)24/h5-10,14H,11H2,1-4H3,(H2,21,24)(H,22,23). The molecule has 2 amide bonds. The summed E-state index contributed by atoms with van der Waals surface area (Å²) in [6, 6.07) is 10.5. The Labute approximate surface area is 153 Å². The van der Waals surface area contributed by atoms with E-state index in [0.29, 0.717) is 5.75 Å². The molecule has 0 saturated heterocycles. The molecule has 0 heterocycles. The van der Waals surface area contributed by atoms with Crippen molar-refractivity contribution in [3.8, 4) is 11.5 Å². The fourth-order valence-electron chi connectivity index (χ4n) is 2.50. The summed E-state index contributed by atoms with van der Waals surface area (Å²) in [5.74, 6) is -0.208. The highest BCUT2D eigenvalue weighted by molar-refractivity contribution is 5.96. The van der Waals surface area contributed by atoms with Gasteiger partial charge in [0.05, 0.1) is 18.7 Å².